The maximum atomic E-state index is 16.7. The van der Waals surface area contributed by atoms with E-state index in [-0.39, 0.29) is 72.3 Å². The number of halogens is 5. The summed E-state index contributed by atoms with van der Waals surface area (Å²) in [5.41, 5.74) is -0.660. The van der Waals surface area contributed by atoms with Crippen molar-refractivity contribution in [2.24, 2.45) is 0 Å². The van der Waals surface area contributed by atoms with E-state index in [0.717, 1.165) is 17.9 Å². The first-order valence-electron chi connectivity index (χ1n) is 15.1. The van der Waals surface area contributed by atoms with Crippen LogP contribution >= 0.6 is 0 Å². The van der Waals surface area contributed by atoms with Crippen LogP contribution in [-0.2, 0) is 6.42 Å². The van der Waals surface area contributed by atoms with Gasteiger partial charge in [-0.1, -0.05) is 13.0 Å². The van der Waals surface area contributed by atoms with E-state index in [1.54, 1.807) is 6.92 Å². The number of piperidine rings is 1. The average molecular weight is 630 g/mol. The van der Waals surface area contributed by atoms with Crippen molar-refractivity contribution in [2.75, 3.05) is 37.7 Å². The molecule has 0 spiro atoms. The number of aryl methyl sites for hydroxylation is 1. The Labute approximate surface area is 255 Å². The molecule has 5 heterocycles. The summed E-state index contributed by atoms with van der Waals surface area (Å²) in [6.07, 6.45) is 0.244. The molecule has 3 aliphatic heterocycles. The highest BCUT2D eigenvalue weighted by Gasteiger charge is 2.49. The van der Waals surface area contributed by atoms with Crippen LogP contribution in [0.15, 0.2) is 30.5 Å². The third-order valence-corrected chi connectivity index (χ3v) is 9.32. The molecule has 0 aliphatic carbocycles. The number of ether oxygens (including phenoxy) is 1. The van der Waals surface area contributed by atoms with Crippen LogP contribution in [0.5, 0.6) is 11.8 Å². The maximum absolute atomic E-state index is 16.7. The van der Waals surface area contributed by atoms with E-state index in [1.165, 1.54) is 30.5 Å². The van der Waals surface area contributed by atoms with Crippen molar-refractivity contribution in [3.05, 3.63) is 47.7 Å². The number of aliphatic hydroxyl groups excluding tert-OH is 1. The van der Waals surface area contributed by atoms with E-state index >= 15 is 4.39 Å². The number of rotatable bonds is 6. The van der Waals surface area contributed by atoms with Gasteiger partial charge in [-0.2, -0.15) is 9.97 Å². The molecule has 0 bridgehead atoms. The molecule has 2 N–H and O–H groups in total. The van der Waals surface area contributed by atoms with Gasteiger partial charge in [0.05, 0.1) is 23.6 Å². The first-order valence-corrected chi connectivity index (χ1v) is 15.1. The predicted octanol–water partition coefficient (Wildman–Crippen LogP) is 5.55. The number of hydrogen-bond acceptors (Lipinski definition) is 8. The number of β-amino-alcohol motifs (C(OH)–C–C–N with tert-alkyl or cyclic N) is 1. The Hall–Kier alpha value is -3.84. The zero-order valence-electron chi connectivity index (χ0n) is 24.5. The quantitative estimate of drug-likeness (QED) is 0.268. The van der Waals surface area contributed by atoms with Crippen molar-refractivity contribution in [1.82, 2.24) is 19.9 Å². The highest BCUT2D eigenvalue weighted by Crippen LogP contribution is 2.42. The van der Waals surface area contributed by atoms with E-state index in [2.05, 4.69) is 15.0 Å². The normalized spacial score (nSPS) is 24.9. The number of benzene rings is 2. The SMILES string of the molecule is CCc1c(F)ccc2cc(O)cc(-c3ncc4c(N5CC(O)CC(F)(F)C5)nc(OC[C@@]56CCCN5C[C@H](F)C6)nc4c3F)c12. The lowest BCUT2D eigenvalue weighted by molar-refractivity contribution is -0.0531. The van der Waals surface area contributed by atoms with E-state index in [0.29, 0.717) is 22.8 Å². The summed E-state index contributed by atoms with van der Waals surface area (Å²) in [6.45, 7) is 1.81. The number of anilines is 1. The molecule has 0 radical (unpaired) electrons. The molecular weight excluding hydrogens is 597 g/mol. The van der Waals surface area contributed by atoms with Crippen LogP contribution in [0.3, 0.4) is 0 Å². The van der Waals surface area contributed by atoms with Crippen molar-refractivity contribution in [1.29, 1.82) is 0 Å². The summed E-state index contributed by atoms with van der Waals surface area (Å²) in [4.78, 5) is 16.3. The van der Waals surface area contributed by atoms with Crippen LogP contribution in [0.2, 0.25) is 0 Å². The topological polar surface area (TPSA) is 94.8 Å². The minimum atomic E-state index is -3.24. The molecule has 8 nitrogen and oxygen atoms in total. The highest BCUT2D eigenvalue weighted by atomic mass is 19.3. The largest absolute Gasteiger partial charge is 0.508 e. The van der Waals surface area contributed by atoms with Gasteiger partial charge in [-0.25, -0.2) is 22.0 Å². The predicted molar refractivity (Wildman–Crippen MR) is 158 cm³/mol. The second-order valence-corrected chi connectivity index (χ2v) is 12.4. The number of nitrogens with zero attached hydrogens (tertiary/aromatic N) is 5. The smallest absolute Gasteiger partial charge is 0.319 e. The van der Waals surface area contributed by atoms with Gasteiger partial charge < -0.3 is 19.8 Å². The number of aromatic nitrogens is 3. The fourth-order valence-corrected chi connectivity index (χ4v) is 7.43. The minimum absolute atomic E-state index is 0.00481. The van der Waals surface area contributed by atoms with Gasteiger partial charge in [0.2, 0.25) is 0 Å². The van der Waals surface area contributed by atoms with Crippen LogP contribution in [-0.4, -0.2) is 86.6 Å². The summed E-state index contributed by atoms with van der Waals surface area (Å²) in [5, 5.41) is 21.6. The van der Waals surface area contributed by atoms with Gasteiger partial charge in [-0.3, -0.25) is 9.88 Å². The van der Waals surface area contributed by atoms with Gasteiger partial charge in [-0.05, 0) is 60.3 Å². The molecule has 2 aromatic carbocycles. The fourth-order valence-electron chi connectivity index (χ4n) is 7.43. The van der Waals surface area contributed by atoms with Crippen LogP contribution in [0, 0.1) is 11.6 Å². The van der Waals surface area contributed by atoms with Crippen molar-refractivity contribution < 1.29 is 36.9 Å². The number of aromatic hydroxyl groups is 1. The van der Waals surface area contributed by atoms with Crippen molar-refractivity contribution in [3.63, 3.8) is 0 Å². The number of phenolic OH excluding ortho intramolecular Hbond substituents is 1. The first-order chi connectivity index (χ1) is 21.5. The average Bonchev–Trinajstić information content (AvgIpc) is 3.50. The third kappa shape index (κ3) is 5.19. The monoisotopic (exact) mass is 629 g/mol. The molecule has 238 valence electrons. The molecular formula is C32H32F5N5O3. The van der Waals surface area contributed by atoms with Crippen LogP contribution < -0.4 is 9.64 Å². The Morgan fingerprint density at radius 1 is 1.11 bits per heavy atom. The second-order valence-electron chi connectivity index (χ2n) is 12.4. The molecule has 1 unspecified atom stereocenters. The van der Waals surface area contributed by atoms with E-state index in [1.807, 2.05) is 4.90 Å². The number of phenols is 1. The summed E-state index contributed by atoms with van der Waals surface area (Å²) in [6, 6.07) is 5.21. The summed E-state index contributed by atoms with van der Waals surface area (Å²) in [5.74, 6) is -4.97. The number of hydrogen-bond donors (Lipinski definition) is 2. The lowest BCUT2D eigenvalue weighted by Gasteiger charge is -2.36. The molecule has 13 heteroatoms. The van der Waals surface area contributed by atoms with E-state index in [9.17, 15) is 27.8 Å². The van der Waals surface area contributed by atoms with Crippen LogP contribution in [0.1, 0.15) is 38.2 Å². The molecule has 3 saturated heterocycles. The molecule has 2 aromatic heterocycles. The Morgan fingerprint density at radius 3 is 2.71 bits per heavy atom. The van der Waals surface area contributed by atoms with Crippen LogP contribution in [0.25, 0.3) is 32.9 Å². The third-order valence-electron chi connectivity index (χ3n) is 9.32. The van der Waals surface area contributed by atoms with Gasteiger partial charge in [0.25, 0.3) is 5.92 Å². The van der Waals surface area contributed by atoms with Crippen molar-refractivity contribution >= 4 is 27.5 Å². The molecule has 45 heavy (non-hydrogen) atoms. The first kappa shape index (κ1) is 29.8. The Balaban J connectivity index is 1.39. The fraction of sp³-hybridized carbons (Fsp3) is 0.469. The summed E-state index contributed by atoms with van der Waals surface area (Å²) < 4.78 is 81.2. The Bertz CT molecular complexity index is 1810. The van der Waals surface area contributed by atoms with Crippen molar-refractivity contribution in [2.45, 2.75) is 62.8 Å². The number of aliphatic hydroxyl groups is 1. The zero-order chi connectivity index (χ0) is 31.7. The highest BCUT2D eigenvalue weighted by molar-refractivity contribution is 6.01. The molecule has 3 fully saturated rings. The summed E-state index contributed by atoms with van der Waals surface area (Å²) in [7, 11) is 0. The van der Waals surface area contributed by atoms with Gasteiger partial charge >= 0.3 is 6.01 Å². The van der Waals surface area contributed by atoms with E-state index < -0.39 is 48.3 Å². The Morgan fingerprint density at radius 2 is 1.93 bits per heavy atom. The van der Waals surface area contributed by atoms with Gasteiger partial charge in [-0.15, -0.1) is 0 Å². The Kier molecular flexibility index (Phi) is 7.23. The minimum Gasteiger partial charge on any atom is -0.508 e. The van der Waals surface area contributed by atoms with Gasteiger partial charge in [0.1, 0.15) is 41.4 Å². The molecule has 3 aliphatic rings. The number of fused-ring (bicyclic) bond motifs is 3. The van der Waals surface area contributed by atoms with E-state index in [4.69, 9.17) is 4.74 Å². The van der Waals surface area contributed by atoms with Gasteiger partial charge in [0, 0.05) is 37.7 Å². The number of pyridine rings is 1. The lowest BCUT2D eigenvalue weighted by Crippen LogP contribution is -2.49. The van der Waals surface area contributed by atoms with Crippen molar-refractivity contribution in [3.8, 4) is 23.0 Å². The molecule has 0 saturated carbocycles. The van der Waals surface area contributed by atoms with Crippen LogP contribution in [0.4, 0.5) is 27.8 Å². The molecule has 4 aromatic rings. The zero-order valence-corrected chi connectivity index (χ0v) is 24.5. The maximum Gasteiger partial charge on any atom is 0.319 e. The summed E-state index contributed by atoms with van der Waals surface area (Å²) >= 11 is 0. The number of alkyl halides is 3. The standard InChI is InChI=1S/C32H32F5N5O3/c1-2-21-24(34)5-4-17-8-19(43)9-22(25(17)21)27-26(35)28-23(12-38-27)29(41-14-20(44)11-32(36,37)15-41)40-30(39-28)45-16-31-6-3-7-42(31)13-18(33)10-31/h4-5,8-9,12,18,20,43-44H,2-3,6-7,10-11,13-16H2,1H3/t18-,20?,31+/m1/s1. The molecule has 0 amide bonds. The molecule has 3 atom stereocenters. The van der Waals surface area contributed by atoms with Gasteiger partial charge in [0.15, 0.2) is 5.82 Å². The molecule has 7 rings (SSSR count). The lowest BCUT2D eigenvalue weighted by atomic mass is 9.94. The second kappa shape index (κ2) is 10.9.